The van der Waals surface area contributed by atoms with Crippen LogP contribution in [0, 0.1) is 12.3 Å². The van der Waals surface area contributed by atoms with E-state index in [-0.39, 0.29) is 5.66 Å². The van der Waals surface area contributed by atoms with Gasteiger partial charge in [-0.15, -0.1) is 6.42 Å². The van der Waals surface area contributed by atoms with Gasteiger partial charge in [0.25, 0.3) is 0 Å². The first-order valence-corrected chi connectivity index (χ1v) is 2.85. The lowest BCUT2D eigenvalue weighted by atomic mass is 10.3. The quantitative estimate of drug-likeness (QED) is 0.428. The highest BCUT2D eigenvalue weighted by molar-refractivity contribution is 4.93. The highest BCUT2D eigenvalue weighted by Crippen LogP contribution is 2.24. The Morgan fingerprint density at radius 1 is 1.67 bits per heavy atom. The van der Waals surface area contributed by atoms with Crippen molar-refractivity contribution in [2.24, 2.45) is 10.2 Å². The topological polar surface area (TPSA) is 36.8 Å². The molecule has 9 heavy (non-hydrogen) atoms. The summed E-state index contributed by atoms with van der Waals surface area (Å²) in [5, 5.41) is 10.6. The Morgan fingerprint density at radius 2 is 2.33 bits per heavy atom. The van der Waals surface area contributed by atoms with Gasteiger partial charge in [0.1, 0.15) is 0 Å². The summed E-state index contributed by atoms with van der Waals surface area (Å²) in [6.07, 6.45) is 5.00. The standard InChI is InChI=1S/C6H9N3/c1-3-4-7-5-6(2)8-9-6/h1,7H,4-5H2,2H3. The summed E-state index contributed by atoms with van der Waals surface area (Å²) in [4.78, 5) is 0. The zero-order chi connectivity index (χ0) is 6.74. The Bertz CT molecular complexity index is 160. The second-order valence-corrected chi connectivity index (χ2v) is 2.22. The van der Waals surface area contributed by atoms with Crippen molar-refractivity contribution in [3.63, 3.8) is 0 Å². The maximum absolute atomic E-state index is 5.00. The van der Waals surface area contributed by atoms with E-state index in [0.29, 0.717) is 6.54 Å². The number of terminal acetylenes is 1. The molecule has 0 aromatic carbocycles. The summed E-state index contributed by atoms with van der Waals surface area (Å²) in [5.41, 5.74) is -0.156. The van der Waals surface area contributed by atoms with Gasteiger partial charge in [-0.2, -0.15) is 10.2 Å². The molecule has 1 N–H and O–H groups in total. The molecule has 0 saturated heterocycles. The molecule has 0 saturated carbocycles. The first-order chi connectivity index (χ1) is 4.27. The van der Waals surface area contributed by atoms with Crippen LogP contribution in [0.15, 0.2) is 10.2 Å². The third-order valence-electron chi connectivity index (χ3n) is 1.13. The molecule has 0 bridgehead atoms. The number of hydrogen-bond acceptors (Lipinski definition) is 3. The SMILES string of the molecule is C#CCNCC1(C)N=N1. The van der Waals surface area contributed by atoms with Crippen LogP contribution in [0.5, 0.6) is 0 Å². The van der Waals surface area contributed by atoms with E-state index in [0.717, 1.165) is 6.54 Å². The van der Waals surface area contributed by atoms with E-state index >= 15 is 0 Å². The van der Waals surface area contributed by atoms with E-state index in [9.17, 15) is 0 Å². The maximum Gasteiger partial charge on any atom is 0.200 e. The molecule has 3 heteroatoms. The lowest BCUT2D eigenvalue weighted by Gasteiger charge is -2.01. The Hall–Kier alpha value is -0.880. The molecule has 0 aromatic heterocycles. The molecule has 0 aromatic rings. The number of nitrogens with zero attached hydrogens (tertiary/aromatic N) is 2. The largest absolute Gasteiger partial charge is 0.302 e. The van der Waals surface area contributed by atoms with Crippen LogP contribution in [0.1, 0.15) is 6.92 Å². The van der Waals surface area contributed by atoms with Crippen molar-refractivity contribution in [2.45, 2.75) is 12.6 Å². The van der Waals surface area contributed by atoms with Crippen molar-refractivity contribution in [3.05, 3.63) is 0 Å². The zero-order valence-electron chi connectivity index (χ0n) is 5.39. The molecule has 0 unspecified atom stereocenters. The van der Waals surface area contributed by atoms with Gasteiger partial charge in [-0.05, 0) is 6.92 Å². The summed E-state index contributed by atoms with van der Waals surface area (Å²) in [5.74, 6) is 2.47. The third-order valence-corrected chi connectivity index (χ3v) is 1.13. The van der Waals surface area contributed by atoms with Gasteiger partial charge in [0.15, 0.2) is 5.66 Å². The van der Waals surface area contributed by atoms with Gasteiger partial charge in [0.2, 0.25) is 0 Å². The van der Waals surface area contributed by atoms with Gasteiger partial charge in [-0.25, -0.2) is 0 Å². The van der Waals surface area contributed by atoms with Crippen LogP contribution in [0.4, 0.5) is 0 Å². The van der Waals surface area contributed by atoms with Crippen molar-refractivity contribution in [3.8, 4) is 12.3 Å². The minimum Gasteiger partial charge on any atom is -0.302 e. The predicted octanol–water partition coefficient (Wildman–Crippen LogP) is 0.391. The molecule has 0 aliphatic carbocycles. The van der Waals surface area contributed by atoms with Crippen LogP contribution in [0.25, 0.3) is 0 Å². The highest BCUT2D eigenvalue weighted by Gasteiger charge is 2.32. The Balaban J connectivity index is 2.01. The average molecular weight is 123 g/mol. The molecule has 0 atom stereocenters. The van der Waals surface area contributed by atoms with Gasteiger partial charge < -0.3 is 5.32 Å². The zero-order valence-corrected chi connectivity index (χ0v) is 5.39. The fraction of sp³-hybridized carbons (Fsp3) is 0.667. The summed E-state index contributed by atoms with van der Waals surface area (Å²) in [6, 6.07) is 0. The minimum atomic E-state index is -0.156. The molecule has 1 aliphatic heterocycles. The van der Waals surface area contributed by atoms with E-state index < -0.39 is 0 Å². The normalized spacial score (nSPS) is 19.1. The summed E-state index contributed by atoms with van der Waals surface area (Å²) in [6.45, 7) is 3.31. The van der Waals surface area contributed by atoms with E-state index in [1.165, 1.54) is 0 Å². The average Bonchev–Trinajstić information content (AvgIpc) is 2.50. The van der Waals surface area contributed by atoms with Gasteiger partial charge in [-0.3, -0.25) is 0 Å². The van der Waals surface area contributed by atoms with E-state index in [1.807, 2.05) is 6.92 Å². The molecule has 1 heterocycles. The number of hydrogen-bond donors (Lipinski definition) is 1. The fourth-order valence-electron chi connectivity index (χ4n) is 0.528. The van der Waals surface area contributed by atoms with Crippen molar-refractivity contribution in [2.75, 3.05) is 13.1 Å². The smallest absolute Gasteiger partial charge is 0.200 e. The number of nitrogens with one attached hydrogen (secondary N) is 1. The maximum atomic E-state index is 5.00. The van der Waals surface area contributed by atoms with Crippen molar-refractivity contribution in [1.29, 1.82) is 0 Å². The van der Waals surface area contributed by atoms with Crippen LogP contribution >= 0.6 is 0 Å². The molecular weight excluding hydrogens is 114 g/mol. The molecule has 1 rings (SSSR count). The monoisotopic (exact) mass is 123 g/mol. The second-order valence-electron chi connectivity index (χ2n) is 2.22. The van der Waals surface area contributed by atoms with Crippen molar-refractivity contribution < 1.29 is 0 Å². The van der Waals surface area contributed by atoms with E-state index in [4.69, 9.17) is 6.42 Å². The molecule has 0 radical (unpaired) electrons. The van der Waals surface area contributed by atoms with Crippen LogP contribution < -0.4 is 5.32 Å². The lowest BCUT2D eigenvalue weighted by Crippen LogP contribution is -2.27. The molecule has 3 nitrogen and oxygen atoms in total. The summed E-state index contributed by atoms with van der Waals surface area (Å²) in [7, 11) is 0. The molecule has 0 amide bonds. The number of rotatable bonds is 3. The van der Waals surface area contributed by atoms with Crippen LogP contribution in [-0.4, -0.2) is 18.8 Å². The second kappa shape index (κ2) is 2.16. The highest BCUT2D eigenvalue weighted by atomic mass is 15.4. The van der Waals surface area contributed by atoms with Crippen LogP contribution in [0.3, 0.4) is 0 Å². The molecule has 1 aliphatic rings. The van der Waals surface area contributed by atoms with Gasteiger partial charge in [0.05, 0.1) is 6.54 Å². The molecule has 48 valence electrons. The van der Waals surface area contributed by atoms with Crippen molar-refractivity contribution >= 4 is 0 Å². The summed E-state index contributed by atoms with van der Waals surface area (Å²) < 4.78 is 0. The van der Waals surface area contributed by atoms with Crippen LogP contribution in [-0.2, 0) is 0 Å². The predicted molar refractivity (Wildman–Crippen MR) is 35.0 cm³/mol. The van der Waals surface area contributed by atoms with Crippen LogP contribution in [0.2, 0.25) is 0 Å². The fourth-order valence-corrected chi connectivity index (χ4v) is 0.528. The third kappa shape index (κ3) is 1.82. The molecule has 0 fully saturated rings. The van der Waals surface area contributed by atoms with Gasteiger partial charge in [-0.1, -0.05) is 5.92 Å². The Labute approximate surface area is 54.6 Å². The van der Waals surface area contributed by atoms with E-state index in [2.05, 4.69) is 21.5 Å². The first kappa shape index (κ1) is 6.24. The first-order valence-electron chi connectivity index (χ1n) is 2.85. The molecular formula is C6H9N3. The molecule has 0 spiro atoms. The minimum absolute atomic E-state index is 0.156. The summed E-state index contributed by atoms with van der Waals surface area (Å²) >= 11 is 0. The Morgan fingerprint density at radius 3 is 2.78 bits per heavy atom. The van der Waals surface area contributed by atoms with Gasteiger partial charge >= 0.3 is 0 Å². The van der Waals surface area contributed by atoms with E-state index in [1.54, 1.807) is 0 Å². The lowest BCUT2D eigenvalue weighted by molar-refractivity contribution is 0.592. The van der Waals surface area contributed by atoms with Crippen molar-refractivity contribution in [1.82, 2.24) is 5.32 Å². The Kier molecular flexibility index (Phi) is 1.50. The van der Waals surface area contributed by atoms with Gasteiger partial charge in [0, 0.05) is 6.54 Å².